The van der Waals surface area contributed by atoms with Crippen molar-refractivity contribution in [1.29, 1.82) is 0 Å². The Balaban J connectivity index is 1.42. The average molecular weight is 389 g/mol. The molecule has 0 fully saturated rings. The van der Waals surface area contributed by atoms with Crippen LogP contribution in [0, 0.1) is 5.82 Å². The molecule has 0 saturated carbocycles. The molecule has 2 aromatic rings. The number of benzene rings is 2. The first kappa shape index (κ1) is 19.5. The molecule has 28 heavy (non-hydrogen) atoms. The highest BCUT2D eigenvalue weighted by Gasteiger charge is 2.16. The van der Waals surface area contributed by atoms with Gasteiger partial charge >= 0.3 is 5.97 Å². The summed E-state index contributed by atoms with van der Waals surface area (Å²) in [6.45, 7) is 1.99. The van der Waals surface area contributed by atoms with Crippen LogP contribution in [0.15, 0.2) is 42.5 Å². The zero-order valence-corrected chi connectivity index (χ0v) is 15.3. The first-order valence-corrected chi connectivity index (χ1v) is 8.74. The van der Waals surface area contributed by atoms with E-state index in [1.807, 2.05) is 19.1 Å². The van der Waals surface area contributed by atoms with Crippen LogP contribution in [0.1, 0.15) is 18.5 Å². The highest BCUT2D eigenvalue weighted by Crippen LogP contribution is 2.32. The van der Waals surface area contributed by atoms with Crippen molar-refractivity contribution in [2.75, 3.05) is 26.4 Å². The Morgan fingerprint density at radius 3 is 2.54 bits per heavy atom. The lowest BCUT2D eigenvalue weighted by Gasteiger charge is -2.21. The van der Waals surface area contributed by atoms with E-state index in [1.54, 1.807) is 6.07 Å². The van der Waals surface area contributed by atoms with E-state index >= 15 is 0 Å². The van der Waals surface area contributed by atoms with Crippen LogP contribution >= 0.6 is 0 Å². The van der Waals surface area contributed by atoms with Gasteiger partial charge in [0.05, 0.1) is 6.04 Å². The topological polar surface area (TPSA) is 83.1 Å². The molecule has 8 heteroatoms. The summed E-state index contributed by atoms with van der Waals surface area (Å²) in [5.41, 5.74) is 0.837. The number of carbonyl (C=O) groups excluding carboxylic acids is 2. The number of amides is 1. The minimum Gasteiger partial charge on any atom is -0.486 e. The lowest BCUT2D eigenvalue weighted by molar-refractivity contribution is -0.150. The second-order valence-electron chi connectivity index (χ2n) is 6.10. The number of esters is 1. The van der Waals surface area contributed by atoms with Crippen molar-refractivity contribution >= 4 is 11.9 Å². The number of halogens is 1. The second-order valence-corrected chi connectivity index (χ2v) is 6.10. The second kappa shape index (κ2) is 9.07. The zero-order chi connectivity index (χ0) is 19.9. The average Bonchev–Trinajstić information content (AvgIpc) is 2.71. The van der Waals surface area contributed by atoms with E-state index in [-0.39, 0.29) is 12.6 Å². The molecule has 1 amide bonds. The van der Waals surface area contributed by atoms with Gasteiger partial charge in [0.1, 0.15) is 24.8 Å². The molecule has 1 heterocycles. The fourth-order valence-corrected chi connectivity index (χ4v) is 2.56. The van der Waals surface area contributed by atoms with Gasteiger partial charge in [-0.25, -0.2) is 9.18 Å². The fourth-order valence-electron chi connectivity index (χ4n) is 2.56. The van der Waals surface area contributed by atoms with Crippen LogP contribution in [0.4, 0.5) is 4.39 Å². The summed E-state index contributed by atoms with van der Waals surface area (Å²) in [6.07, 6.45) is 0. The summed E-state index contributed by atoms with van der Waals surface area (Å²) in [4.78, 5) is 23.7. The first-order valence-electron chi connectivity index (χ1n) is 8.74. The van der Waals surface area contributed by atoms with Gasteiger partial charge in [-0.05, 0) is 48.9 Å². The van der Waals surface area contributed by atoms with E-state index in [0.29, 0.717) is 30.5 Å². The van der Waals surface area contributed by atoms with E-state index in [1.165, 1.54) is 24.3 Å². The molecule has 2 aromatic carbocycles. The molecule has 0 aliphatic carbocycles. The molecule has 0 radical (unpaired) electrons. The summed E-state index contributed by atoms with van der Waals surface area (Å²) >= 11 is 0. The molecule has 3 rings (SSSR count). The fraction of sp³-hybridized carbons (Fsp3) is 0.300. The molecule has 0 unspecified atom stereocenters. The number of hydrogen-bond acceptors (Lipinski definition) is 6. The molecule has 148 valence electrons. The standard InChI is InChI=1S/C20H20FNO6/c1-13(14-2-7-17-18(10-14)26-9-8-25-17)22-19(23)11-28-20(24)12-27-16-5-3-15(21)4-6-16/h2-7,10,13H,8-9,11-12H2,1H3,(H,22,23)/t13-/m0/s1. The molecule has 1 aliphatic heterocycles. The Hall–Kier alpha value is -3.29. The van der Waals surface area contributed by atoms with Crippen molar-refractivity contribution in [1.82, 2.24) is 5.32 Å². The van der Waals surface area contributed by atoms with Crippen LogP contribution in [0.2, 0.25) is 0 Å². The Bertz CT molecular complexity index is 839. The van der Waals surface area contributed by atoms with Gasteiger partial charge in [0.15, 0.2) is 24.7 Å². The van der Waals surface area contributed by atoms with Gasteiger partial charge < -0.3 is 24.3 Å². The highest BCUT2D eigenvalue weighted by atomic mass is 19.1. The Morgan fingerprint density at radius 1 is 1.07 bits per heavy atom. The lowest BCUT2D eigenvalue weighted by atomic mass is 10.1. The van der Waals surface area contributed by atoms with E-state index in [9.17, 15) is 14.0 Å². The number of rotatable bonds is 7. The largest absolute Gasteiger partial charge is 0.486 e. The van der Waals surface area contributed by atoms with Crippen LogP contribution in [0.25, 0.3) is 0 Å². The van der Waals surface area contributed by atoms with Gasteiger partial charge in [0, 0.05) is 0 Å². The smallest absolute Gasteiger partial charge is 0.344 e. The maximum absolute atomic E-state index is 12.8. The molecule has 1 atom stereocenters. The van der Waals surface area contributed by atoms with E-state index < -0.39 is 24.3 Å². The van der Waals surface area contributed by atoms with Crippen LogP contribution < -0.4 is 19.5 Å². The van der Waals surface area contributed by atoms with Crippen LogP contribution in [0.5, 0.6) is 17.2 Å². The lowest BCUT2D eigenvalue weighted by Crippen LogP contribution is -2.32. The van der Waals surface area contributed by atoms with E-state index in [2.05, 4.69) is 5.32 Å². The molecule has 0 bridgehead atoms. The highest BCUT2D eigenvalue weighted by molar-refractivity contribution is 5.81. The molecule has 7 nitrogen and oxygen atoms in total. The van der Waals surface area contributed by atoms with Gasteiger partial charge in [0.25, 0.3) is 5.91 Å². The maximum atomic E-state index is 12.8. The molecule has 0 aromatic heterocycles. The number of carbonyl (C=O) groups is 2. The van der Waals surface area contributed by atoms with Crippen molar-refractivity contribution in [2.24, 2.45) is 0 Å². The van der Waals surface area contributed by atoms with Crippen molar-refractivity contribution < 1.29 is 32.9 Å². The molecular formula is C20H20FNO6. The third-order valence-corrected chi connectivity index (χ3v) is 3.98. The number of nitrogens with one attached hydrogen (secondary N) is 1. The van der Waals surface area contributed by atoms with Crippen molar-refractivity contribution in [2.45, 2.75) is 13.0 Å². The summed E-state index contributed by atoms with van der Waals surface area (Å²) < 4.78 is 33.8. The third kappa shape index (κ3) is 5.35. The number of hydrogen-bond donors (Lipinski definition) is 1. The van der Waals surface area contributed by atoms with Gasteiger partial charge in [-0.2, -0.15) is 0 Å². The van der Waals surface area contributed by atoms with Gasteiger partial charge in [-0.15, -0.1) is 0 Å². The summed E-state index contributed by atoms with van der Waals surface area (Å²) in [5.74, 6) is 0.0792. The van der Waals surface area contributed by atoms with Crippen molar-refractivity contribution in [3.05, 3.63) is 53.8 Å². The normalized spacial score (nSPS) is 13.4. The van der Waals surface area contributed by atoms with Crippen molar-refractivity contribution in [3.8, 4) is 17.2 Å². The molecular weight excluding hydrogens is 369 g/mol. The predicted octanol–water partition coefficient (Wildman–Crippen LogP) is 2.40. The van der Waals surface area contributed by atoms with Crippen LogP contribution in [-0.2, 0) is 14.3 Å². The minimum atomic E-state index is -0.702. The van der Waals surface area contributed by atoms with Gasteiger partial charge in [0.2, 0.25) is 0 Å². The Kier molecular flexibility index (Phi) is 6.31. The number of fused-ring (bicyclic) bond motifs is 1. The monoisotopic (exact) mass is 389 g/mol. The van der Waals surface area contributed by atoms with Gasteiger partial charge in [-0.3, -0.25) is 4.79 Å². The molecule has 1 aliphatic rings. The minimum absolute atomic E-state index is 0.308. The molecule has 0 spiro atoms. The predicted molar refractivity (Wildman–Crippen MR) is 96.8 cm³/mol. The quantitative estimate of drug-likeness (QED) is 0.733. The third-order valence-electron chi connectivity index (χ3n) is 3.98. The van der Waals surface area contributed by atoms with Crippen molar-refractivity contribution in [3.63, 3.8) is 0 Å². The Labute approximate surface area is 161 Å². The first-order chi connectivity index (χ1) is 13.5. The van der Waals surface area contributed by atoms with E-state index in [0.717, 1.165) is 5.56 Å². The Morgan fingerprint density at radius 2 is 1.79 bits per heavy atom. The summed E-state index contributed by atoms with van der Waals surface area (Å²) in [5, 5.41) is 2.74. The van der Waals surface area contributed by atoms with E-state index in [4.69, 9.17) is 18.9 Å². The molecule has 1 N–H and O–H groups in total. The van der Waals surface area contributed by atoms with Crippen LogP contribution in [-0.4, -0.2) is 38.3 Å². The SMILES string of the molecule is C[C@H](NC(=O)COC(=O)COc1ccc(F)cc1)c1ccc2c(c1)OCCO2. The van der Waals surface area contributed by atoms with Gasteiger partial charge in [-0.1, -0.05) is 6.07 Å². The summed E-state index contributed by atoms with van der Waals surface area (Å²) in [7, 11) is 0. The van der Waals surface area contributed by atoms with Crippen LogP contribution in [0.3, 0.4) is 0 Å². The zero-order valence-electron chi connectivity index (χ0n) is 15.3. The molecule has 0 saturated heterocycles. The number of ether oxygens (including phenoxy) is 4. The summed E-state index contributed by atoms with van der Waals surface area (Å²) in [6, 6.07) is 10.3. The maximum Gasteiger partial charge on any atom is 0.344 e.